The minimum atomic E-state index is -0.0419. The number of benzene rings is 2. The van der Waals surface area contributed by atoms with Crippen molar-refractivity contribution >= 4 is 34.8 Å². The Morgan fingerprint density at radius 3 is 2.52 bits per heavy atom. The lowest BCUT2D eigenvalue weighted by Crippen LogP contribution is -2.35. The first-order chi connectivity index (χ1) is 13.1. The second-order valence-electron chi connectivity index (χ2n) is 7.47. The Balaban J connectivity index is 1.44. The van der Waals surface area contributed by atoms with E-state index in [0.29, 0.717) is 34.2 Å². The number of carbonyl (C=O) groups is 1. The number of aryl methyl sites for hydroxylation is 1. The number of amides is 1. The summed E-state index contributed by atoms with van der Waals surface area (Å²) in [6, 6.07) is 15.1. The minimum absolute atomic E-state index is 0.0419. The summed E-state index contributed by atoms with van der Waals surface area (Å²) in [6.07, 6.45) is 6.46. The summed E-state index contributed by atoms with van der Waals surface area (Å²) in [4.78, 5) is 15.1. The molecule has 0 spiro atoms. The van der Waals surface area contributed by atoms with Gasteiger partial charge in [-0.3, -0.25) is 9.69 Å². The van der Waals surface area contributed by atoms with Gasteiger partial charge in [-0.15, -0.1) is 0 Å². The topological polar surface area (TPSA) is 32.3 Å². The standard InChI is InChI=1S/C22H24Cl2N2O/c23-18-8-4-9-19(24)22(18)25-21(27)13-14-26(16-11-12-16)20-10-3-6-15-5-1-2-7-17(15)20/h1-2,4-5,7-9,16,20H,3,6,10-14H2,(H,25,27). The molecule has 1 saturated carbocycles. The first kappa shape index (κ1) is 18.8. The van der Waals surface area contributed by atoms with E-state index in [1.165, 1.54) is 36.8 Å². The van der Waals surface area contributed by atoms with Gasteiger partial charge in [0.25, 0.3) is 0 Å². The van der Waals surface area contributed by atoms with Gasteiger partial charge in [0.1, 0.15) is 0 Å². The van der Waals surface area contributed by atoms with E-state index in [-0.39, 0.29) is 5.91 Å². The number of rotatable bonds is 6. The summed E-state index contributed by atoms with van der Waals surface area (Å²) in [5.74, 6) is -0.0419. The van der Waals surface area contributed by atoms with Crippen LogP contribution in [0.25, 0.3) is 0 Å². The van der Waals surface area contributed by atoms with Crippen LogP contribution in [0, 0.1) is 0 Å². The predicted molar refractivity (Wildman–Crippen MR) is 112 cm³/mol. The Morgan fingerprint density at radius 2 is 1.78 bits per heavy atom. The summed E-state index contributed by atoms with van der Waals surface area (Å²) in [5, 5.41) is 3.82. The van der Waals surface area contributed by atoms with Gasteiger partial charge in [-0.25, -0.2) is 0 Å². The van der Waals surface area contributed by atoms with Crippen molar-refractivity contribution in [1.29, 1.82) is 0 Å². The molecule has 4 rings (SSSR count). The number of nitrogens with zero attached hydrogens (tertiary/aromatic N) is 1. The Labute approximate surface area is 170 Å². The van der Waals surface area contributed by atoms with Crippen LogP contribution in [0.1, 0.15) is 49.3 Å². The first-order valence-corrected chi connectivity index (χ1v) is 10.5. The fraction of sp³-hybridized carbons (Fsp3) is 0.409. The zero-order chi connectivity index (χ0) is 18.8. The molecule has 1 fully saturated rings. The molecule has 0 saturated heterocycles. The van der Waals surface area contributed by atoms with E-state index in [2.05, 4.69) is 34.5 Å². The Kier molecular flexibility index (Phi) is 5.72. The number of nitrogens with one attached hydrogen (secondary N) is 1. The van der Waals surface area contributed by atoms with Crippen LogP contribution in [-0.4, -0.2) is 23.4 Å². The van der Waals surface area contributed by atoms with Crippen molar-refractivity contribution in [3.63, 3.8) is 0 Å². The van der Waals surface area contributed by atoms with E-state index in [1.54, 1.807) is 18.2 Å². The predicted octanol–water partition coefficient (Wildman–Crippen LogP) is 5.86. The molecular formula is C22H24Cl2N2O. The van der Waals surface area contributed by atoms with Gasteiger partial charge in [0.05, 0.1) is 15.7 Å². The molecule has 1 amide bonds. The SMILES string of the molecule is O=C(CCN(C1CC1)C1CCCc2ccccc21)Nc1c(Cl)cccc1Cl. The van der Waals surface area contributed by atoms with E-state index in [1.807, 2.05) is 0 Å². The number of carbonyl (C=O) groups excluding carboxylic acids is 1. The fourth-order valence-corrected chi connectivity index (χ4v) is 4.61. The quantitative estimate of drug-likeness (QED) is 0.655. The minimum Gasteiger partial charge on any atom is -0.324 e. The largest absolute Gasteiger partial charge is 0.324 e. The van der Waals surface area contributed by atoms with Gasteiger partial charge in [0.15, 0.2) is 0 Å². The second kappa shape index (κ2) is 8.22. The summed E-state index contributed by atoms with van der Waals surface area (Å²) < 4.78 is 0. The number of fused-ring (bicyclic) bond motifs is 1. The molecule has 0 aliphatic heterocycles. The highest BCUT2D eigenvalue weighted by Gasteiger charge is 2.36. The maximum atomic E-state index is 12.5. The van der Waals surface area contributed by atoms with E-state index in [0.717, 1.165) is 13.0 Å². The van der Waals surface area contributed by atoms with Crippen LogP contribution in [-0.2, 0) is 11.2 Å². The van der Waals surface area contributed by atoms with E-state index in [9.17, 15) is 4.79 Å². The fourth-order valence-electron chi connectivity index (χ4n) is 4.12. The lowest BCUT2D eigenvalue weighted by Gasteiger charge is -2.36. The highest BCUT2D eigenvalue weighted by atomic mass is 35.5. The Bertz CT molecular complexity index is 815. The van der Waals surface area contributed by atoms with Crippen molar-refractivity contribution in [2.45, 2.75) is 50.6 Å². The molecule has 2 aromatic rings. The third-order valence-electron chi connectivity index (χ3n) is 5.58. The molecule has 0 bridgehead atoms. The maximum absolute atomic E-state index is 12.5. The lowest BCUT2D eigenvalue weighted by atomic mass is 9.86. The van der Waals surface area contributed by atoms with Gasteiger partial charge in [-0.05, 0) is 55.4 Å². The van der Waals surface area contributed by atoms with Crippen LogP contribution >= 0.6 is 23.2 Å². The molecule has 2 aromatic carbocycles. The third-order valence-corrected chi connectivity index (χ3v) is 6.21. The first-order valence-electron chi connectivity index (χ1n) is 9.71. The molecule has 0 heterocycles. The van der Waals surface area contributed by atoms with Crippen LogP contribution in [0.4, 0.5) is 5.69 Å². The smallest absolute Gasteiger partial charge is 0.225 e. The molecule has 1 N–H and O–H groups in total. The number of hydrogen-bond acceptors (Lipinski definition) is 2. The highest BCUT2D eigenvalue weighted by molar-refractivity contribution is 6.39. The van der Waals surface area contributed by atoms with Gasteiger partial charge in [-0.1, -0.05) is 53.5 Å². The maximum Gasteiger partial charge on any atom is 0.225 e. The van der Waals surface area contributed by atoms with Crippen LogP contribution < -0.4 is 5.32 Å². The van der Waals surface area contributed by atoms with Crippen molar-refractivity contribution in [2.75, 3.05) is 11.9 Å². The zero-order valence-corrected chi connectivity index (χ0v) is 16.8. The van der Waals surface area contributed by atoms with Gasteiger partial charge in [0, 0.05) is 25.0 Å². The summed E-state index contributed by atoms with van der Waals surface area (Å²) in [7, 11) is 0. The van der Waals surface area contributed by atoms with Crippen molar-refractivity contribution in [1.82, 2.24) is 4.90 Å². The summed E-state index contributed by atoms with van der Waals surface area (Å²) in [6.45, 7) is 0.761. The molecule has 0 aromatic heterocycles. The number of para-hydroxylation sites is 1. The molecule has 27 heavy (non-hydrogen) atoms. The molecule has 1 unspecified atom stereocenters. The lowest BCUT2D eigenvalue weighted by molar-refractivity contribution is -0.116. The van der Waals surface area contributed by atoms with Crippen LogP contribution in [0.5, 0.6) is 0 Å². The molecular weight excluding hydrogens is 379 g/mol. The van der Waals surface area contributed by atoms with Crippen LogP contribution in [0.3, 0.4) is 0 Å². The molecule has 1 atom stereocenters. The number of halogens is 2. The second-order valence-corrected chi connectivity index (χ2v) is 8.29. The van der Waals surface area contributed by atoms with Crippen molar-refractivity contribution in [2.24, 2.45) is 0 Å². The van der Waals surface area contributed by atoms with Gasteiger partial charge in [-0.2, -0.15) is 0 Å². The molecule has 5 heteroatoms. The summed E-state index contributed by atoms with van der Waals surface area (Å²) in [5.41, 5.74) is 3.42. The monoisotopic (exact) mass is 402 g/mol. The van der Waals surface area contributed by atoms with Crippen LogP contribution in [0.15, 0.2) is 42.5 Å². The number of hydrogen-bond donors (Lipinski definition) is 1. The molecule has 0 radical (unpaired) electrons. The van der Waals surface area contributed by atoms with Gasteiger partial charge >= 0.3 is 0 Å². The van der Waals surface area contributed by atoms with Gasteiger partial charge in [0.2, 0.25) is 5.91 Å². The number of anilines is 1. The normalized spacial score (nSPS) is 19.0. The van der Waals surface area contributed by atoms with Crippen molar-refractivity contribution in [3.05, 3.63) is 63.6 Å². The van der Waals surface area contributed by atoms with E-state index < -0.39 is 0 Å². The average molecular weight is 403 g/mol. The molecule has 3 nitrogen and oxygen atoms in total. The van der Waals surface area contributed by atoms with Crippen molar-refractivity contribution < 1.29 is 4.79 Å². The van der Waals surface area contributed by atoms with Crippen molar-refractivity contribution in [3.8, 4) is 0 Å². The Hall–Kier alpha value is -1.55. The average Bonchev–Trinajstić information content (AvgIpc) is 3.50. The van der Waals surface area contributed by atoms with E-state index in [4.69, 9.17) is 23.2 Å². The molecule has 142 valence electrons. The molecule has 2 aliphatic rings. The summed E-state index contributed by atoms with van der Waals surface area (Å²) >= 11 is 12.3. The van der Waals surface area contributed by atoms with Gasteiger partial charge < -0.3 is 5.32 Å². The van der Waals surface area contributed by atoms with E-state index >= 15 is 0 Å². The Morgan fingerprint density at radius 1 is 1.04 bits per heavy atom. The zero-order valence-electron chi connectivity index (χ0n) is 15.3. The third kappa shape index (κ3) is 4.31. The van der Waals surface area contributed by atoms with Crippen LogP contribution in [0.2, 0.25) is 10.0 Å². The highest BCUT2D eigenvalue weighted by Crippen LogP contribution is 2.40. The molecule has 2 aliphatic carbocycles.